The van der Waals surface area contributed by atoms with Gasteiger partial charge in [0.05, 0.1) is 15.3 Å². The van der Waals surface area contributed by atoms with Crippen LogP contribution in [0.3, 0.4) is 0 Å². The van der Waals surface area contributed by atoms with E-state index in [1.165, 1.54) is 6.33 Å². The van der Waals surface area contributed by atoms with E-state index in [2.05, 4.69) is 42.9 Å². The summed E-state index contributed by atoms with van der Waals surface area (Å²) in [4.78, 5) is 12.7. The van der Waals surface area contributed by atoms with Gasteiger partial charge in [-0.2, -0.15) is 0 Å². The molecule has 0 spiro atoms. The first-order chi connectivity index (χ1) is 9.63. The van der Waals surface area contributed by atoms with Crippen molar-refractivity contribution in [2.24, 2.45) is 0 Å². The van der Waals surface area contributed by atoms with Crippen molar-refractivity contribution in [2.75, 3.05) is 5.32 Å². The standard InChI is InChI=1S/C14H11IN4O.ClH/c1-8-4-10-12(6-16-8)17-7-18-14(10)19-9-2-3-13(20)11(15)5-9;/h2-7,20H,1H3,(H,17,18,19);1H. The minimum Gasteiger partial charge on any atom is -0.507 e. The number of hydrogen-bond donors (Lipinski definition) is 2. The number of benzene rings is 1. The molecule has 0 radical (unpaired) electrons. The Morgan fingerprint density at radius 2 is 1.95 bits per heavy atom. The minimum atomic E-state index is 0. The van der Waals surface area contributed by atoms with Crippen LogP contribution >= 0.6 is 35.0 Å². The first-order valence-corrected chi connectivity index (χ1v) is 7.04. The van der Waals surface area contributed by atoms with Gasteiger partial charge in [-0.05, 0) is 53.8 Å². The molecule has 0 unspecified atom stereocenters. The number of halogens is 2. The van der Waals surface area contributed by atoms with E-state index in [0.717, 1.165) is 31.7 Å². The highest BCUT2D eigenvalue weighted by Crippen LogP contribution is 2.27. The molecule has 3 aromatic rings. The van der Waals surface area contributed by atoms with Crippen molar-refractivity contribution in [3.63, 3.8) is 0 Å². The number of aryl methyl sites for hydroxylation is 1. The molecule has 0 aliphatic rings. The highest BCUT2D eigenvalue weighted by Gasteiger charge is 2.06. The molecule has 0 atom stereocenters. The first-order valence-electron chi connectivity index (χ1n) is 5.96. The van der Waals surface area contributed by atoms with Gasteiger partial charge in [-0.15, -0.1) is 12.4 Å². The fourth-order valence-corrected chi connectivity index (χ4v) is 2.40. The van der Waals surface area contributed by atoms with E-state index < -0.39 is 0 Å². The minimum absolute atomic E-state index is 0. The maximum atomic E-state index is 9.55. The lowest BCUT2D eigenvalue weighted by molar-refractivity contribution is 0.471. The van der Waals surface area contributed by atoms with Gasteiger partial charge in [-0.25, -0.2) is 9.97 Å². The van der Waals surface area contributed by atoms with Crippen LogP contribution in [0.5, 0.6) is 5.75 Å². The Kier molecular flexibility index (Phi) is 4.79. The number of aromatic nitrogens is 3. The lowest BCUT2D eigenvalue weighted by atomic mass is 10.2. The van der Waals surface area contributed by atoms with E-state index in [1.54, 1.807) is 18.3 Å². The molecule has 1 aromatic carbocycles. The number of fused-ring (bicyclic) bond motifs is 1. The maximum absolute atomic E-state index is 9.55. The fourth-order valence-electron chi connectivity index (χ4n) is 1.88. The molecule has 7 heteroatoms. The van der Waals surface area contributed by atoms with Crippen molar-refractivity contribution in [1.82, 2.24) is 15.0 Å². The Balaban J connectivity index is 0.00000161. The van der Waals surface area contributed by atoms with Gasteiger partial charge in [0.25, 0.3) is 0 Å². The van der Waals surface area contributed by atoms with Crippen LogP contribution in [0.1, 0.15) is 5.69 Å². The quantitative estimate of drug-likeness (QED) is 0.493. The lowest BCUT2D eigenvalue weighted by Gasteiger charge is -2.09. The number of pyridine rings is 1. The normalized spacial score (nSPS) is 10.2. The van der Waals surface area contributed by atoms with Gasteiger partial charge in [-0.1, -0.05) is 0 Å². The second-order valence-corrected chi connectivity index (χ2v) is 5.52. The predicted octanol–water partition coefficient (Wildman–Crippen LogP) is 3.81. The van der Waals surface area contributed by atoms with Gasteiger partial charge >= 0.3 is 0 Å². The summed E-state index contributed by atoms with van der Waals surface area (Å²) in [5.41, 5.74) is 2.57. The third kappa shape index (κ3) is 3.33. The van der Waals surface area contributed by atoms with Crippen molar-refractivity contribution in [3.8, 4) is 5.75 Å². The van der Waals surface area contributed by atoms with Crippen LogP contribution in [0, 0.1) is 10.5 Å². The van der Waals surface area contributed by atoms with Crippen molar-refractivity contribution < 1.29 is 5.11 Å². The molecule has 0 saturated heterocycles. The Labute approximate surface area is 141 Å². The van der Waals surface area contributed by atoms with Crippen molar-refractivity contribution in [2.45, 2.75) is 6.92 Å². The van der Waals surface area contributed by atoms with E-state index in [0.29, 0.717) is 0 Å². The molecule has 0 aliphatic carbocycles. The molecule has 2 aromatic heterocycles. The summed E-state index contributed by atoms with van der Waals surface area (Å²) in [6, 6.07) is 7.26. The van der Waals surface area contributed by atoms with Crippen LogP contribution in [0.15, 0.2) is 36.8 Å². The first kappa shape index (κ1) is 15.7. The summed E-state index contributed by atoms with van der Waals surface area (Å²) >= 11 is 2.08. The van der Waals surface area contributed by atoms with E-state index >= 15 is 0 Å². The Hall–Kier alpha value is -1.67. The van der Waals surface area contributed by atoms with Crippen LogP contribution < -0.4 is 5.32 Å². The lowest BCUT2D eigenvalue weighted by Crippen LogP contribution is -1.97. The summed E-state index contributed by atoms with van der Waals surface area (Å²) < 4.78 is 0.781. The van der Waals surface area contributed by atoms with Crippen molar-refractivity contribution in [1.29, 1.82) is 0 Å². The summed E-state index contributed by atoms with van der Waals surface area (Å²) in [5, 5.41) is 13.7. The third-order valence-corrected chi connectivity index (χ3v) is 3.73. The second-order valence-electron chi connectivity index (χ2n) is 4.36. The number of phenolic OH excluding ortho intramolecular Hbond substituents is 1. The van der Waals surface area contributed by atoms with Crippen molar-refractivity contribution in [3.05, 3.63) is 46.1 Å². The van der Waals surface area contributed by atoms with Gasteiger partial charge in [0, 0.05) is 16.8 Å². The third-order valence-electron chi connectivity index (χ3n) is 2.87. The Morgan fingerprint density at radius 3 is 2.71 bits per heavy atom. The molecule has 0 saturated carbocycles. The van der Waals surface area contributed by atoms with Crippen LogP contribution in [-0.2, 0) is 0 Å². The monoisotopic (exact) mass is 414 g/mol. The predicted molar refractivity (Wildman–Crippen MR) is 93.4 cm³/mol. The average molecular weight is 415 g/mol. The zero-order valence-corrected chi connectivity index (χ0v) is 14.0. The smallest absolute Gasteiger partial charge is 0.141 e. The number of phenols is 1. The summed E-state index contributed by atoms with van der Waals surface area (Å²) in [7, 11) is 0. The van der Waals surface area contributed by atoms with Crippen LogP contribution in [0.4, 0.5) is 11.5 Å². The van der Waals surface area contributed by atoms with E-state index in [9.17, 15) is 5.11 Å². The van der Waals surface area contributed by atoms with Gasteiger partial charge < -0.3 is 10.4 Å². The molecule has 108 valence electrons. The Bertz CT molecular complexity index is 797. The van der Waals surface area contributed by atoms with E-state index in [-0.39, 0.29) is 18.2 Å². The van der Waals surface area contributed by atoms with Gasteiger partial charge in [0.1, 0.15) is 17.9 Å². The zero-order chi connectivity index (χ0) is 14.1. The number of rotatable bonds is 2. The van der Waals surface area contributed by atoms with Gasteiger partial charge in [-0.3, -0.25) is 4.98 Å². The number of hydrogen-bond acceptors (Lipinski definition) is 5. The van der Waals surface area contributed by atoms with Crippen LogP contribution in [0.25, 0.3) is 10.9 Å². The highest BCUT2D eigenvalue weighted by atomic mass is 127. The summed E-state index contributed by atoms with van der Waals surface area (Å²) in [5.74, 6) is 0.991. The topological polar surface area (TPSA) is 70.9 Å². The van der Waals surface area contributed by atoms with Crippen molar-refractivity contribution >= 4 is 57.4 Å². The number of nitrogens with zero attached hydrogens (tertiary/aromatic N) is 3. The molecule has 0 amide bonds. The van der Waals surface area contributed by atoms with Gasteiger partial charge in [0.15, 0.2) is 0 Å². The Morgan fingerprint density at radius 1 is 1.14 bits per heavy atom. The molecule has 0 aliphatic heterocycles. The molecule has 21 heavy (non-hydrogen) atoms. The highest BCUT2D eigenvalue weighted by molar-refractivity contribution is 14.1. The number of nitrogens with one attached hydrogen (secondary N) is 1. The SMILES string of the molecule is Cc1cc2c(Nc3ccc(O)c(I)c3)ncnc2cn1.Cl. The molecule has 0 bridgehead atoms. The molecule has 2 heterocycles. The average Bonchev–Trinajstić information content (AvgIpc) is 2.44. The molecule has 3 rings (SSSR count). The van der Waals surface area contributed by atoms with Crippen LogP contribution in [-0.4, -0.2) is 20.1 Å². The molecular formula is C14H12ClIN4O. The molecular weight excluding hydrogens is 403 g/mol. The largest absolute Gasteiger partial charge is 0.507 e. The zero-order valence-electron chi connectivity index (χ0n) is 11.0. The van der Waals surface area contributed by atoms with E-state index in [1.807, 2.05) is 19.1 Å². The number of anilines is 2. The molecule has 2 N–H and O–H groups in total. The summed E-state index contributed by atoms with van der Waals surface area (Å²) in [6.07, 6.45) is 3.24. The fraction of sp³-hybridized carbons (Fsp3) is 0.0714. The number of aromatic hydroxyl groups is 1. The van der Waals surface area contributed by atoms with Crippen LogP contribution in [0.2, 0.25) is 0 Å². The van der Waals surface area contributed by atoms with Gasteiger partial charge in [0.2, 0.25) is 0 Å². The summed E-state index contributed by atoms with van der Waals surface area (Å²) in [6.45, 7) is 1.93. The van der Waals surface area contributed by atoms with E-state index in [4.69, 9.17) is 0 Å². The molecule has 5 nitrogen and oxygen atoms in total. The molecule has 0 fully saturated rings. The maximum Gasteiger partial charge on any atom is 0.141 e. The second kappa shape index (κ2) is 6.40.